The minimum Gasteiger partial charge on any atom is -0.493 e. The van der Waals surface area contributed by atoms with Crippen LogP contribution in [0.5, 0.6) is 11.5 Å². The van der Waals surface area contributed by atoms with Gasteiger partial charge in [0, 0.05) is 19.3 Å². The van der Waals surface area contributed by atoms with Crippen LogP contribution < -0.4 is 14.8 Å². The van der Waals surface area contributed by atoms with E-state index in [9.17, 15) is 0 Å². The van der Waals surface area contributed by atoms with Crippen LogP contribution in [0.15, 0.2) is 36.5 Å². The zero-order valence-electron chi connectivity index (χ0n) is 12.4. The largest absolute Gasteiger partial charge is 0.493 e. The molecule has 0 fully saturated rings. The summed E-state index contributed by atoms with van der Waals surface area (Å²) in [6.45, 7) is 1.62. The van der Waals surface area contributed by atoms with Gasteiger partial charge in [0.1, 0.15) is 11.8 Å². The highest BCUT2D eigenvalue weighted by Crippen LogP contribution is 2.27. The lowest BCUT2D eigenvalue weighted by Crippen LogP contribution is -2.13. The van der Waals surface area contributed by atoms with Gasteiger partial charge in [0.2, 0.25) is 0 Å². The number of rotatable bonds is 8. The summed E-state index contributed by atoms with van der Waals surface area (Å²) in [6.07, 6.45) is 1.75. The molecular formula is C16H19ClN2O3. The van der Waals surface area contributed by atoms with Gasteiger partial charge in [-0.1, -0.05) is 23.7 Å². The molecule has 0 aliphatic heterocycles. The van der Waals surface area contributed by atoms with Gasteiger partial charge in [-0.05, 0) is 29.3 Å². The minimum atomic E-state index is -0.0262. The standard InChI is InChI=1S/C16H19ClN2O3/c1-21-15-8-12(2-4-14(15)22-7-6-20)9-18-10-13-3-5-16(17)19-11-13/h2-5,8,11,18,20H,6-7,9-10H2,1H3. The van der Waals surface area contributed by atoms with Gasteiger partial charge in [-0.15, -0.1) is 0 Å². The molecule has 5 nitrogen and oxygen atoms in total. The van der Waals surface area contributed by atoms with Gasteiger partial charge in [-0.3, -0.25) is 0 Å². The number of hydrogen-bond acceptors (Lipinski definition) is 5. The Morgan fingerprint density at radius 3 is 2.59 bits per heavy atom. The number of aliphatic hydroxyl groups is 1. The molecule has 6 heteroatoms. The van der Waals surface area contributed by atoms with E-state index in [2.05, 4.69) is 10.3 Å². The fraction of sp³-hybridized carbons (Fsp3) is 0.312. The summed E-state index contributed by atoms with van der Waals surface area (Å²) in [6, 6.07) is 9.43. The Hall–Kier alpha value is -1.82. The number of hydrogen-bond donors (Lipinski definition) is 2. The third kappa shape index (κ3) is 4.87. The molecule has 0 atom stereocenters. The number of aromatic nitrogens is 1. The van der Waals surface area contributed by atoms with E-state index >= 15 is 0 Å². The molecule has 0 aliphatic carbocycles. The van der Waals surface area contributed by atoms with Crippen LogP contribution in [0.1, 0.15) is 11.1 Å². The molecule has 0 amide bonds. The van der Waals surface area contributed by atoms with Crippen LogP contribution >= 0.6 is 11.6 Å². The lowest BCUT2D eigenvalue weighted by molar-refractivity contribution is 0.196. The maximum Gasteiger partial charge on any atom is 0.161 e. The van der Waals surface area contributed by atoms with Crippen molar-refractivity contribution in [2.75, 3.05) is 20.3 Å². The Labute approximate surface area is 134 Å². The van der Waals surface area contributed by atoms with Crippen LogP contribution in [0.3, 0.4) is 0 Å². The van der Waals surface area contributed by atoms with Crippen LogP contribution in [-0.2, 0) is 13.1 Å². The number of aliphatic hydroxyl groups excluding tert-OH is 1. The molecule has 0 unspecified atom stereocenters. The molecule has 118 valence electrons. The fourth-order valence-electron chi connectivity index (χ4n) is 1.96. The molecule has 2 aromatic rings. The summed E-state index contributed by atoms with van der Waals surface area (Å²) in [5.74, 6) is 1.28. The van der Waals surface area contributed by atoms with E-state index in [0.717, 1.165) is 11.1 Å². The van der Waals surface area contributed by atoms with E-state index in [4.69, 9.17) is 26.2 Å². The Morgan fingerprint density at radius 1 is 1.14 bits per heavy atom. The summed E-state index contributed by atoms with van der Waals surface area (Å²) < 4.78 is 10.7. The van der Waals surface area contributed by atoms with Crippen molar-refractivity contribution in [2.45, 2.75) is 13.1 Å². The number of ether oxygens (including phenoxy) is 2. The van der Waals surface area contributed by atoms with Gasteiger partial charge in [-0.25, -0.2) is 4.98 Å². The smallest absolute Gasteiger partial charge is 0.161 e. The highest BCUT2D eigenvalue weighted by Gasteiger charge is 2.05. The lowest BCUT2D eigenvalue weighted by Gasteiger charge is -2.12. The topological polar surface area (TPSA) is 63.6 Å². The number of halogens is 1. The molecule has 0 spiro atoms. The SMILES string of the molecule is COc1cc(CNCc2ccc(Cl)nc2)ccc1OCCO. The first-order chi connectivity index (χ1) is 10.7. The summed E-state index contributed by atoms with van der Waals surface area (Å²) in [4.78, 5) is 4.04. The Bertz CT molecular complexity index is 590. The first-order valence-electron chi connectivity index (χ1n) is 6.94. The highest BCUT2D eigenvalue weighted by molar-refractivity contribution is 6.29. The molecule has 0 saturated carbocycles. The van der Waals surface area contributed by atoms with Gasteiger partial charge in [0.15, 0.2) is 11.5 Å². The number of benzene rings is 1. The van der Waals surface area contributed by atoms with Crippen molar-refractivity contribution in [3.63, 3.8) is 0 Å². The second kappa shape index (κ2) is 8.58. The van der Waals surface area contributed by atoms with Gasteiger partial charge >= 0.3 is 0 Å². The van der Waals surface area contributed by atoms with Crippen molar-refractivity contribution in [1.82, 2.24) is 10.3 Å². The fourth-order valence-corrected chi connectivity index (χ4v) is 2.07. The van der Waals surface area contributed by atoms with E-state index in [1.807, 2.05) is 24.3 Å². The average Bonchev–Trinajstić information content (AvgIpc) is 2.55. The number of nitrogens with zero attached hydrogens (tertiary/aromatic N) is 1. The van der Waals surface area contributed by atoms with Gasteiger partial charge < -0.3 is 19.9 Å². The maximum absolute atomic E-state index is 8.80. The van der Waals surface area contributed by atoms with Crippen LogP contribution in [-0.4, -0.2) is 30.4 Å². The molecule has 0 radical (unpaired) electrons. The highest BCUT2D eigenvalue weighted by atomic mass is 35.5. The van der Waals surface area contributed by atoms with Crippen LogP contribution in [0.2, 0.25) is 5.15 Å². The minimum absolute atomic E-state index is 0.0262. The Balaban J connectivity index is 1.90. The molecule has 0 bridgehead atoms. The van der Waals surface area contributed by atoms with Crippen molar-refractivity contribution in [3.05, 3.63) is 52.8 Å². The zero-order chi connectivity index (χ0) is 15.8. The van der Waals surface area contributed by atoms with Crippen LogP contribution in [0.4, 0.5) is 0 Å². The third-order valence-corrected chi connectivity index (χ3v) is 3.25. The summed E-state index contributed by atoms with van der Waals surface area (Å²) >= 11 is 5.75. The van der Waals surface area contributed by atoms with E-state index in [0.29, 0.717) is 29.7 Å². The van der Waals surface area contributed by atoms with Crippen LogP contribution in [0.25, 0.3) is 0 Å². The second-order valence-electron chi connectivity index (χ2n) is 4.65. The molecule has 22 heavy (non-hydrogen) atoms. The molecule has 0 saturated heterocycles. The molecule has 1 heterocycles. The molecule has 0 aliphatic rings. The van der Waals surface area contributed by atoms with E-state index < -0.39 is 0 Å². The number of nitrogens with one attached hydrogen (secondary N) is 1. The van der Waals surface area contributed by atoms with Crippen molar-refractivity contribution in [1.29, 1.82) is 0 Å². The first-order valence-corrected chi connectivity index (χ1v) is 7.32. The monoisotopic (exact) mass is 322 g/mol. The quantitative estimate of drug-likeness (QED) is 0.731. The number of pyridine rings is 1. The average molecular weight is 323 g/mol. The molecule has 1 aromatic carbocycles. The van der Waals surface area contributed by atoms with Crippen molar-refractivity contribution >= 4 is 11.6 Å². The van der Waals surface area contributed by atoms with E-state index in [1.54, 1.807) is 19.4 Å². The van der Waals surface area contributed by atoms with Crippen molar-refractivity contribution in [3.8, 4) is 11.5 Å². The molecule has 2 N–H and O–H groups in total. The Morgan fingerprint density at radius 2 is 1.91 bits per heavy atom. The summed E-state index contributed by atoms with van der Waals surface area (Å²) in [7, 11) is 1.59. The zero-order valence-corrected chi connectivity index (χ0v) is 13.1. The molecule has 2 rings (SSSR count). The summed E-state index contributed by atoms with van der Waals surface area (Å²) in [5.41, 5.74) is 2.15. The van der Waals surface area contributed by atoms with Crippen molar-refractivity contribution < 1.29 is 14.6 Å². The molecule has 1 aromatic heterocycles. The predicted molar refractivity (Wildman–Crippen MR) is 85.4 cm³/mol. The Kier molecular flexibility index (Phi) is 6.45. The normalized spacial score (nSPS) is 10.5. The maximum atomic E-state index is 8.80. The van der Waals surface area contributed by atoms with Crippen molar-refractivity contribution in [2.24, 2.45) is 0 Å². The summed E-state index contributed by atoms with van der Waals surface area (Å²) in [5, 5.41) is 12.6. The molecular weight excluding hydrogens is 304 g/mol. The second-order valence-corrected chi connectivity index (χ2v) is 5.04. The van der Waals surface area contributed by atoms with Gasteiger partial charge in [0.25, 0.3) is 0 Å². The van der Waals surface area contributed by atoms with E-state index in [-0.39, 0.29) is 13.2 Å². The third-order valence-electron chi connectivity index (χ3n) is 3.02. The number of methoxy groups -OCH3 is 1. The van der Waals surface area contributed by atoms with Crippen LogP contribution in [0, 0.1) is 0 Å². The van der Waals surface area contributed by atoms with Gasteiger partial charge in [0.05, 0.1) is 13.7 Å². The van der Waals surface area contributed by atoms with Gasteiger partial charge in [-0.2, -0.15) is 0 Å². The van der Waals surface area contributed by atoms with E-state index in [1.165, 1.54) is 0 Å². The predicted octanol–water partition coefficient (Wildman–Crippen LogP) is 2.40. The first kappa shape index (κ1) is 16.5. The lowest BCUT2D eigenvalue weighted by atomic mass is 10.2.